The van der Waals surface area contributed by atoms with E-state index in [1.807, 2.05) is 0 Å². The largest absolute Gasteiger partial charge is 0.245 e. The lowest BCUT2D eigenvalue weighted by atomic mass is 10.00. The second-order valence-corrected chi connectivity index (χ2v) is 13.3. The van der Waals surface area contributed by atoms with E-state index in [0.717, 1.165) is 26.2 Å². The third kappa shape index (κ3) is 5.76. The second kappa shape index (κ2) is 12.1. The fourth-order valence-electron chi connectivity index (χ4n) is 7.39. The van der Waals surface area contributed by atoms with Gasteiger partial charge < -0.3 is 0 Å². The molecular weight excluding hydrogens is 560 g/mol. The average Bonchev–Trinajstić information content (AvgIpc) is 3.55. The van der Waals surface area contributed by atoms with Crippen molar-refractivity contribution in [3.8, 4) is 0 Å². The van der Waals surface area contributed by atoms with Crippen LogP contribution in [-0.2, 0) is 26.2 Å². The first-order valence-electron chi connectivity index (χ1n) is 16.4. The molecule has 4 heteroatoms. The van der Waals surface area contributed by atoms with E-state index in [-0.39, 0.29) is 0 Å². The highest BCUT2D eigenvalue weighted by molar-refractivity contribution is 5.72. The number of benzene rings is 5. The van der Waals surface area contributed by atoms with Crippen LogP contribution in [0, 0.1) is 41.5 Å². The molecule has 0 saturated heterocycles. The fraction of sp³-hybridized carbons (Fsp3) is 0.238. The Bertz CT molecular complexity index is 2010. The van der Waals surface area contributed by atoms with Gasteiger partial charge in [-0.25, -0.2) is 18.3 Å². The zero-order valence-electron chi connectivity index (χ0n) is 28.0. The fourth-order valence-corrected chi connectivity index (χ4v) is 7.39. The van der Waals surface area contributed by atoms with Crippen LogP contribution < -0.4 is 9.13 Å². The van der Waals surface area contributed by atoms with E-state index in [0.29, 0.717) is 0 Å². The lowest BCUT2D eigenvalue weighted by Crippen LogP contribution is -2.33. The van der Waals surface area contributed by atoms with Gasteiger partial charge in [-0.1, -0.05) is 83.9 Å². The van der Waals surface area contributed by atoms with Crippen LogP contribution in [0.25, 0.3) is 22.1 Å². The molecule has 0 bridgehead atoms. The van der Waals surface area contributed by atoms with Crippen molar-refractivity contribution >= 4 is 22.1 Å². The summed E-state index contributed by atoms with van der Waals surface area (Å²) in [6.45, 7) is 16.7. The minimum absolute atomic E-state index is 0.835. The first kappa shape index (κ1) is 29.7. The molecule has 0 fully saturated rings. The van der Waals surface area contributed by atoms with E-state index in [1.165, 1.54) is 77.7 Å². The molecule has 230 valence electrons. The number of aromatic nitrogens is 4. The summed E-state index contributed by atoms with van der Waals surface area (Å²) in [6, 6.07) is 35.9. The molecule has 2 heterocycles. The van der Waals surface area contributed by atoms with Gasteiger partial charge in [-0.05, 0) is 110 Å². The smallest absolute Gasteiger partial charge is 0.226 e. The van der Waals surface area contributed by atoms with Crippen molar-refractivity contribution in [2.24, 2.45) is 0 Å². The van der Waals surface area contributed by atoms with Crippen molar-refractivity contribution in [2.75, 3.05) is 0 Å². The summed E-state index contributed by atoms with van der Waals surface area (Å²) in [5.41, 5.74) is 18.6. The highest BCUT2D eigenvalue weighted by Gasteiger charge is 2.20. The molecular formula is C42H44N4+2. The number of para-hydroxylation sites is 4. The number of hydrogen-bond acceptors (Lipinski definition) is 0. The van der Waals surface area contributed by atoms with Gasteiger partial charge in [-0.2, -0.15) is 0 Å². The van der Waals surface area contributed by atoms with Gasteiger partial charge in [0.2, 0.25) is 12.7 Å². The molecule has 0 amide bonds. The van der Waals surface area contributed by atoms with E-state index in [1.54, 1.807) is 0 Å². The van der Waals surface area contributed by atoms with E-state index in [2.05, 4.69) is 170 Å². The lowest BCUT2D eigenvalue weighted by Gasteiger charge is -2.09. The summed E-state index contributed by atoms with van der Waals surface area (Å²) in [7, 11) is 0. The molecule has 5 aromatic carbocycles. The first-order chi connectivity index (χ1) is 22.2. The Kier molecular flexibility index (Phi) is 7.82. The van der Waals surface area contributed by atoms with E-state index in [4.69, 9.17) is 0 Å². The Morgan fingerprint density at radius 1 is 0.457 bits per heavy atom. The molecule has 0 atom stereocenters. The minimum atomic E-state index is 0.835. The van der Waals surface area contributed by atoms with Gasteiger partial charge in [0.1, 0.15) is 26.2 Å². The normalized spacial score (nSPS) is 11.6. The van der Waals surface area contributed by atoms with Crippen molar-refractivity contribution in [1.29, 1.82) is 0 Å². The van der Waals surface area contributed by atoms with Crippen LogP contribution in [0.3, 0.4) is 0 Å². The predicted octanol–water partition coefficient (Wildman–Crippen LogP) is 8.21. The summed E-state index contributed by atoms with van der Waals surface area (Å²) < 4.78 is 9.59. The van der Waals surface area contributed by atoms with Gasteiger partial charge >= 0.3 is 0 Å². The van der Waals surface area contributed by atoms with Crippen LogP contribution in [0.1, 0.15) is 55.6 Å². The van der Waals surface area contributed by atoms with Gasteiger partial charge in [-0.15, -0.1) is 0 Å². The minimum Gasteiger partial charge on any atom is -0.226 e. The standard InChI is InChI=1S/C42H44N4/c1-29-19-31(3)37(32(4)20-29)25-45-27-43(39-11-7-9-13-41(39)45)23-35-15-17-36(18-16-35)24-44-28-46(42-14-10-8-12-40(42)44)26-38-33(5)21-30(2)22-34(38)6/h7-22,27-28H,23-26H2,1-6H3/q+2. The Labute approximate surface area is 272 Å². The number of nitrogens with zero attached hydrogens (tertiary/aromatic N) is 4. The van der Waals surface area contributed by atoms with E-state index < -0.39 is 0 Å². The highest BCUT2D eigenvalue weighted by atomic mass is 15.1. The van der Waals surface area contributed by atoms with Crippen LogP contribution >= 0.6 is 0 Å². The van der Waals surface area contributed by atoms with Gasteiger partial charge in [-0.3, -0.25) is 0 Å². The summed E-state index contributed by atoms with van der Waals surface area (Å²) >= 11 is 0. The molecule has 2 aromatic heterocycles. The Balaban J connectivity index is 1.13. The zero-order valence-corrected chi connectivity index (χ0v) is 28.0. The van der Waals surface area contributed by atoms with Gasteiger partial charge in [0, 0.05) is 0 Å². The maximum absolute atomic E-state index is 2.40. The summed E-state index contributed by atoms with van der Waals surface area (Å²) in [5, 5.41) is 0. The molecule has 0 spiro atoms. The monoisotopic (exact) mass is 604 g/mol. The van der Waals surface area contributed by atoms with Crippen LogP contribution in [0.15, 0.2) is 110 Å². The molecule has 0 radical (unpaired) electrons. The van der Waals surface area contributed by atoms with E-state index in [9.17, 15) is 0 Å². The van der Waals surface area contributed by atoms with Crippen LogP contribution in [-0.4, -0.2) is 9.13 Å². The molecule has 0 aliphatic carbocycles. The number of rotatable bonds is 8. The first-order valence-corrected chi connectivity index (χ1v) is 16.4. The predicted molar refractivity (Wildman–Crippen MR) is 188 cm³/mol. The molecule has 4 nitrogen and oxygen atoms in total. The van der Waals surface area contributed by atoms with Gasteiger partial charge in [0.05, 0.1) is 0 Å². The molecule has 0 N–H and O–H groups in total. The molecule has 0 saturated carbocycles. The third-order valence-corrected chi connectivity index (χ3v) is 9.63. The SMILES string of the molecule is Cc1cc(C)c(Cn2c[n+](Cc3ccc(C[n+]4cn(Cc5c(C)cc(C)cc5C)c5ccccc54)cc3)c3ccccc32)c(C)c1. The van der Waals surface area contributed by atoms with Crippen molar-refractivity contribution in [3.05, 3.63) is 165 Å². The van der Waals surface area contributed by atoms with Crippen LogP contribution in [0.5, 0.6) is 0 Å². The quantitative estimate of drug-likeness (QED) is 0.156. The molecule has 7 rings (SSSR count). The zero-order chi connectivity index (χ0) is 31.9. The van der Waals surface area contributed by atoms with Crippen molar-refractivity contribution in [3.63, 3.8) is 0 Å². The topological polar surface area (TPSA) is 17.6 Å². The highest BCUT2D eigenvalue weighted by Crippen LogP contribution is 2.22. The molecule has 0 unspecified atom stereocenters. The lowest BCUT2D eigenvalue weighted by molar-refractivity contribution is -0.663. The average molecular weight is 605 g/mol. The summed E-state index contributed by atoms with van der Waals surface area (Å²) in [5.74, 6) is 0. The van der Waals surface area contributed by atoms with Crippen molar-refractivity contribution in [1.82, 2.24) is 9.13 Å². The van der Waals surface area contributed by atoms with Gasteiger partial charge in [0.25, 0.3) is 0 Å². The molecule has 0 aliphatic rings. The van der Waals surface area contributed by atoms with Gasteiger partial charge in [0.15, 0.2) is 22.1 Å². The maximum atomic E-state index is 2.40. The Morgan fingerprint density at radius 2 is 0.804 bits per heavy atom. The van der Waals surface area contributed by atoms with Crippen LogP contribution in [0.2, 0.25) is 0 Å². The number of hydrogen-bond donors (Lipinski definition) is 0. The third-order valence-electron chi connectivity index (χ3n) is 9.63. The Hall–Kier alpha value is -4.96. The summed E-state index contributed by atoms with van der Waals surface area (Å²) in [6.07, 6.45) is 4.58. The number of fused-ring (bicyclic) bond motifs is 2. The number of aryl methyl sites for hydroxylation is 6. The van der Waals surface area contributed by atoms with Crippen LogP contribution in [0.4, 0.5) is 0 Å². The number of imidazole rings is 2. The molecule has 46 heavy (non-hydrogen) atoms. The summed E-state index contributed by atoms with van der Waals surface area (Å²) in [4.78, 5) is 0. The van der Waals surface area contributed by atoms with Crippen molar-refractivity contribution in [2.45, 2.75) is 67.7 Å². The molecule has 0 aliphatic heterocycles. The maximum Gasteiger partial charge on any atom is 0.245 e. The molecule has 7 aromatic rings. The Morgan fingerprint density at radius 3 is 1.17 bits per heavy atom. The van der Waals surface area contributed by atoms with E-state index >= 15 is 0 Å². The second-order valence-electron chi connectivity index (χ2n) is 13.3. The van der Waals surface area contributed by atoms with Crippen molar-refractivity contribution < 1.29 is 9.13 Å².